The van der Waals surface area contributed by atoms with E-state index in [1.165, 1.54) is 6.07 Å². The molecule has 0 bridgehead atoms. The first-order valence-electron chi connectivity index (χ1n) is 7.18. The summed E-state index contributed by atoms with van der Waals surface area (Å²) in [7, 11) is 1.63. The van der Waals surface area contributed by atoms with Crippen LogP contribution in [-0.2, 0) is 6.54 Å². The van der Waals surface area contributed by atoms with Gasteiger partial charge in [0.1, 0.15) is 5.75 Å². The molecule has 0 unspecified atom stereocenters. The standard InChI is InChI=1S/C16H17N3O3/c1-22-14-8-4-12(5-9-14)11-18(13-6-7-13)16-15(19(20)21)3-2-10-17-16/h2-5,8-10,13H,6-7,11H2,1H3. The molecule has 1 aliphatic carbocycles. The number of anilines is 1. The van der Waals surface area contributed by atoms with Crippen LogP contribution < -0.4 is 9.64 Å². The van der Waals surface area contributed by atoms with Crippen LogP contribution in [0.25, 0.3) is 0 Å². The van der Waals surface area contributed by atoms with Crippen molar-refractivity contribution >= 4 is 11.5 Å². The van der Waals surface area contributed by atoms with Crippen LogP contribution in [0.3, 0.4) is 0 Å². The van der Waals surface area contributed by atoms with Crippen LogP contribution in [0.2, 0.25) is 0 Å². The van der Waals surface area contributed by atoms with Crippen LogP contribution in [0.1, 0.15) is 18.4 Å². The van der Waals surface area contributed by atoms with Crippen molar-refractivity contribution in [1.82, 2.24) is 4.98 Å². The molecule has 22 heavy (non-hydrogen) atoms. The number of rotatable bonds is 6. The molecule has 6 nitrogen and oxygen atoms in total. The maximum atomic E-state index is 11.2. The lowest BCUT2D eigenvalue weighted by Crippen LogP contribution is -2.26. The van der Waals surface area contributed by atoms with Crippen LogP contribution in [-0.4, -0.2) is 23.1 Å². The Labute approximate surface area is 128 Å². The van der Waals surface area contributed by atoms with Crippen molar-refractivity contribution in [2.24, 2.45) is 0 Å². The highest BCUT2D eigenvalue weighted by molar-refractivity contribution is 5.59. The van der Waals surface area contributed by atoms with E-state index in [9.17, 15) is 10.1 Å². The molecule has 0 amide bonds. The van der Waals surface area contributed by atoms with Crippen molar-refractivity contribution in [3.63, 3.8) is 0 Å². The highest BCUT2D eigenvalue weighted by Crippen LogP contribution is 2.36. The summed E-state index contributed by atoms with van der Waals surface area (Å²) in [5.41, 5.74) is 1.13. The van der Waals surface area contributed by atoms with Gasteiger partial charge in [-0.1, -0.05) is 12.1 Å². The Bertz CT molecular complexity index is 669. The summed E-state index contributed by atoms with van der Waals surface area (Å²) in [5.74, 6) is 1.25. The Morgan fingerprint density at radius 3 is 2.64 bits per heavy atom. The number of nitrogens with zero attached hydrogens (tertiary/aromatic N) is 3. The molecule has 3 rings (SSSR count). The van der Waals surface area contributed by atoms with Crippen molar-refractivity contribution < 1.29 is 9.66 Å². The summed E-state index contributed by atoms with van der Waals surface area (Å²) in [6.45, 7) is 0.604. The summed E-state index contributed by atoms with van der Waals surface area (Å²) < 4.78 is 5.15. The average molecular weight is 299 g/mol. The predicted octanol–water partition coefficient (Wildman–Crippen LogP) is 3.17. The van der Waals surface area contributed by atoms with Crippen molar-refractivity contribution in [2.45, 2.75) is 25.4 Å². The summed E-state index contributed by atoms with van der Waals surface area (Å²) in [4.78, 5) is 17.1. The minimum Gasteiger partial charge on any atom is -0.497 e. The molecule has 0 radical (unpaired) electrons. The van der Waals surface area contributed by atoms with Gasteiger partial charge in [0.2, 0.25) is 5.82 Å². The number of hydrogen-bond donors (Lipinski definition) is 0. The second-order valence-corrected chi connectivity index (χ2v) is 5.31. The van der Waals surface area contributed by atoms with Gasteiger partial charge in [0.15, 0.2) is 0 Å². The Morgan fingerprint density at radius 2 is 2.05 bits per heavy atom. The average Bonchev–Trinajstić information content (AvgIpc) is 3.38. The second-order valence-electron chi connectivity index (χ2n) is 5.31. The number of aromatic nitrogens is 1. The van der Waals surface area contributed by atoms with Crippen molar-refractivity contribution in [3.05, 3.63) is 58.3 Å². The molecular weight excluding hydrogens is 282 g/mol. The van der Waals surface area contributed by atoms with E-state index >= 15 is 0 Å². The summed E-state index contributed by atoms with van der Waals surface area (Å²) in [6.07, 6.45) is 3.69. The minimum atomic E-state index is -0.369. The largest absolute Gasteiger partial charge is 0.497 e. The van der Waals surface area contributed by atoms with Gasteiger partial charge in [-0.25, -0.2) is 4.98 Å². The zero-order valence-corrected chi connectivity index (χ0v) is 12.3. The number of methoxy groups -OCH3 is 1. The fourth-order valence-corrected chi connectivity index (χ4v) is 2.44. The van der Waals surface area contributed by atoms with E-state index in [0.29, 0.717) is 18.4 Å². The summed E-state index contributed by atoms with van der Waals surface area (Å²) in [6, 6.07) is 11.2. The smallest absolute Gasteiger partial charge is 0.311 e. The molecule has 1 aromatic carbocycles. The van der Waals surface area contributed by atoms with Crippen LogP contribution >= 0.6 is 0 Å². The Hall–Kier alpha value is -2.63. The third kappa shape index (κ3) is 3.00. The highest BCUT2D eigenvalue weighted by Gasteiger charge is 2.33. The zero-order chi connectivity index (χ0) is 15.5. The number of benzene rings is 1. The van der Waals surface area contributed by atoms with Gasteiger partial charge in [0.25, 0.3) is 0 Å². The topological polar surface area (TPSA) is 68.5 Å². The SMILES string of the molecule is COc1ccc(CN(c2ncccc2[N+](=O)[O-])C2CC2)cc1. The molecule has 0 N–H and O–H groups in total. The fourth-order valence-electron chi connectivity index (χ4n) is 2.44. The molecule has 6 heteroatoms. The molecule has 1 fully saturated rings. The first-order valence-corrected chi connectivity index (χ1v) is 7.18. The number of ether oxygens (including phenoxy) is 1. The summed E-state index contributed by atoms with van der Waals surface area (Å²) >= 11 is 0. The van der Waals surface area contributed by atoms with Gasteiger partial charge >= 0.3 is 5.69 Å². The van der Waals surface area contributed by atoms with Gasteiger partial charge in [0, 0.05) is 24.8 Å². The van der Waals surface area contributed by atoms with Gasteiger partial charge in [-0.3, -0.25) is 10.1 Å². The van der Waals surface area contributed by atoms with E-state index in [0.717, 1.165) is 24.2 Å². The van der Waals surface area contributed by atoms with Gasteiger partial charge in [0.05, 0.1) is 12.0 Å². The first kappa shape index (κ1) is 14.3. The van der Waals surface area contributed by atoms with E-state index in [2.05, 4.69) is 4.98 Å². The van der Waals surface area contributed by atoms with Crippen LogP contribution in [0, 0.1) is 10.1 Å². The normalized spacial score (nSPS) is 13.7. The van der Waals surface area contributed by atoms with Crippen molar-refractivity contribution in [2.75, 3.05) is 12.0 Å². The number of hydrogen-bond acceptors (Lipinski definition) is 5. The van der Waals surface area contributed by atoms with Gasteiger partial charge in [-0.15, -0.1) is 0 Å². The van der Waals surface area contributed by atoms with E-state index in [4.69, 9.17) is 4.74 Å². The summed E-state index contributed by atoms with van der Waals surface area (Å²) in [5, 5.41) is 11.2. The van der Waals surface area contributed by atoms with E-state index in [-0.39, 0.29) is 10.6 Å². The van der Waals surface area contributed by atoms with E-state index in [1.54, 1.807) is 19.4 Å². The lowest BCUT2D eigenvalue weighted by atomic mass is 10.2. The molecule has 1 saturated carbocycles. The maximum absolute atomic E-state index is 11.2. The van der Waals surface area contributed by atoms with Crippen LogP contribution in [0.5, 0.6) is 5.75 Å². The van der Waals surface area contributed by atoms with Crippen molar-refractivity contribution in [1.29, 1.82) is 0 Å². The molecule has 1 heterocycles. The van der Waals surface area contributed by atoms with E-state index < -0.39 is 0 Å². The van der Waals surface area contributed by atoms with Crippen molar-refractivity contribution in [3.8, 4) is 5.75 Å². The molecule has 0 aliphatic heterocycles. The van der Waals surface area contributed by atoms with Gasteiger partial charge in [-0.05, 0) is 36.6 Å². The van der Waals surface area contributed by atoms with Gasteiger partial charge in [-0.2, -0.15) is 0 Å². The Balaban J connectivity index is 1.88. The molecule has 0 saturated heterocycles. The van der Waals surface area contributed by atoms with Crippen LogP contribution in [0.15, 0.2) is 42.6 Å². The third-order valence-corrected chi connectivity index (χ3v) is 3.73. The second kappa shape index (κ2) is 6.01. The fraction of sp³-hybridized carbons (Fsp3) is 0.312. The molecule has 2 aromatic rings. The molecule has 1 aromatic heterocycles. The quantitative estimate of drug-likeness (QED) is 0.605. The van der Waals surface area contributed by atoms with E-state index in [1.807, 2.05) is 29.2 Å². The molecule has 0 atom stereocenters. The first-order chi connectivity index (χ1) is 10.7. The Morgan fingerprint density at radius 1 is 1.32 bits per heavy atom. The maximum Gasteiger partial charge on any atom is 0.311 e. The lowest BCUT2D eigenvalue weighted by molar-refractivity contribution is -0.384. The minimum absolute atomic E-state index is 0.0583. The highest BCUT2D eigenvalue weighted by atomic mass is 16.6. The zero-order valence-electron chi connectivity index (χ0n) is 12.3. The lowest BCUT2D eigenvalue weighted by Gasteiger charge is -2.23. The molecular formula is C16H17N3O3. The number of nitro groups is 1. The monoisotopic (exact) mass is 299 g/mol. The molecule has 0 spiro atoms. The Kier molecular flexibility index (Phi) is 3.91. The molecule has 114 valence electrons. The van der Waals surface area contributed by atoms with Gasteiger partial charge < -0.3 is 9.64 Å². The predicted molar refractivity (Wildman–Crippen MR) is 83.1 cm³/mol. The molecule has 1 aliphatic rings. The van der Waals surface area contributed by atoms with Crippen LogP contribution in [0.4, 0.5) is 11.5 Å². The number of pyridine rings is 1. The third-order valence-electron chi connectivity index (χ3n) is 3.73.